The van der Waals surface area contributed by atoms with Crippen molar-refractivity contribution >= 4 is 5.91 Å². The molecular formula is C17H16F3N3O3. The molecule has 1 atom stereocenters. The lowest BCUT2D eigenvalue weighted by atomic mass is 10.1. The van der Waals surface area contributed by atoms with Gasteiger partial charge in [-0.05, 0) is 12.1 Å². The minimum Gasteiger partial charge on any atom is -0.477 e. The van der Waals surface area contributed by atoms with Crippen molar-refractivity contribution in [2.24, 2.45) is 0 Å². The minimum absolute atomic E-state index is 0.157. The van der Waals surface area contributed by atoms with Crippen molar-refractivity contribution in [3.8, 4) is 11.8 Å². The highest BCUT2D eigenvalue weighted by molar-refractivity contribution is 5.96. The molecular weight excluding hydrogens is 351 g/mol. The Bertz CT molecular complexity index is 798. The Hall–Kier alpha value is -2.84. The summed E-state index contributed by atoms with van der Waals surface area (Å²) in [6, 6.07) is 4.76. The molecule has 0 spiro atoms. The second-order valence-electron chi connectivity index (χ2n) is 5.69. The van der Waals surface area contributed by atoms with Crippen LogP contribution in [0.4, 0.5) is 13.2 Å². The van der Waals surface area contributed by atoms with Crippen LogP contribution in [0, 0.1) is 0 Å². The summed E-state index contributed by atoms with van der Waals surface area (Å²) in [6.07, 6.45) is -1.63. The number of nitrogens with zero attached hydrogens (tertiary/aromatic N) is 3. The average Bonchev–Trinajstić information content (AvgIpc) is 3.09. The van der Waals surface area contributed by atoms with Gasteiger partial charge in [0.25, 0.3) is 17.7 Å². The van der Waals surface area contributed by atoms with Gasteiger partial charge in [0, 0.05) is 25.4 Å². The number of rotatable bonds is 4. The van der Waals surface area contributed by atoms with Gasteiger partial charge >= 0.3 is 6.18 Å². The van der Waals surface area contributed by atoms with Crippen LogP contribution >= 0.6 is 0 Å². The normalized spacial score (nSPS) is 17.2. The van der Waals surface area contributed by atoms with Crippen molar-refractivity contribution in [2.75, 3.05) is 20.2 Å². The maximum absolute atomic E-state index is 13.1. The van der Waals surface area contributed by atoms with E-state index >= 15 is 0 Å². The summed E-state index contributed by atoms with van der Waals surface area (Å²) in [7, 11) is 1.43. The van der Waals surface area contributed by atoms with Crippen LogP contribution < -0.4 is 9.47 Å². The quantitative estimate of drug-likeness (QED) is 0.832. The van der Waals surface area contributed by atoms with Crippen LogP contribution in [0.3, 0.4) is 0 Å². The van der Waals surface area contributed by atoms with Gasteiger partial charge in [0.05, 0.1) is 24.8 Å². The maximum Gasteiger partial charge on any atom is 0.417 e. The van der Waals surface area contributed by atoms with Crippen LogP contribution in [-0.4, -0.2) is 47.1 Å². The van der Waals surface area contributed by atoms with Crippen LogP contribution in [0.1, 0.15) is 22.3 Å². The van der Waals surface area contributed by atoms with E-state index in [1.165, 1.54) is 42.6 Å². The summed E-state index contributed by atoms with van der Waals surface area (Å²) in [4.78, 5) is 21.9. The van der Waals surface area contributed by atoms with Crippen LogP contribution in [-0.2, 0) is 6.18 Å². The van der Waals surface area contributed by atoms with Crippen molar-refractivity contribution in [3.05, 3.63) is 47.8 Å². The van der Waals surface area contributed by atoms with E-state index in [1.807, 2.05) is 0 Å². The number of aromatic nitrogens is 2. The van der Waals surface area contributed by atoms with E-state index in [0.29, 0.717) is 6.42 Å². The molecule has 3 rings (SSSR count). The van der Waals surface area contributed by atoms with E-state index in [-0.39, 0.29) is 30.4 Å². The lowest BCUT2D eigenvalue weighted by Crippen LogP contribution is -2.32. The first-order chi connectivity index (χ1) is 12.4. The van der Waals surface area contributed by atoms with E-state index < -0.39 is 23.8 Å². The molecule has 1 aromatic heterocycles. The Morgan fingerprint density at radius 3 is 2.58 bits per heavy atom. The lowest BCUT2D eigenvalue weighted by molar-refractivity contribution is -0.138. The van der Waals surface area contributed by atoms with Gasteiger partial charge in [0.1, 0.15) is 6.10 Å². The van der Waals surface area contributed by atoms with Gasteiger partial charge in [-0.2, -0.15) is 13.2 Å². The summed E-state index contributed by atoms with van der Waals surface area (Å²) in [5.74, 6) is -0.278. The Labute approximate surface area is 147 Å². The molecule has 26 heavy (non-hydrogen) atoms. The Balaban J connectivity index is 1.72. The van der Waals surface area contributed by atoms with Crippen molar-refractivity contribution in [1.29, 1.82) is 0 Å². The second kappa shape index (κ2) is 7.19. The number of carbonyl (C=O) groups is 1. The van der Waals surface area contributed by atoms with Gasteiger partial charge in [-0.3, -0.25) is 4.79 Å². The number of halogens is 3. The fourth-order valence-electron chi connectivity index (χ4n) is 2.79. The Kier molecular flexibility index (Phi) is 4.97. The van der Waals surface area contributed by atoms with Gasteiger partial charge in [-0.15, -0.1) is 0 Å². The monoisotopic (exact) mass is 367 g/mol. The second-order valence-corrected chi connectivity index (χ2v) is 5.69. The molecule has 0 aliphatic carbocycles. The van der Waals surface area contributed by atoms with Gasteiger partial charge in [0.2, 0.25) is 0 Å². The zero-order valence-electron chi connectivity index (χ0n) is 13.9. The zero-order chi connectivity index (χ0) is 18.7. The molecule has 1 saturated heterocycles. The summed E-state index contributed by atoms with van der Waals surface area (Å²) >= 11 is 0. The number of carbonyl (C=O) groups excluding carboxylic acids is 1. The summed E-state index contributed by atoms with van der Waals surface area (Å²) in [5.41, 5.74) is -1.30. The van der Waals surface area contributed by atoms with Crippen molar-refractivity contribution in [3.63, 3.8) is 0 Å². The number of methoxy groups -OCH3 is 1. The van der Waals surface area contributed by atoms with E-state index in [1.54, 1.807) is 0 Å². The first-order valence-electron chi connectivity index (χ1n) is 7.87. The highest BCUT2D eigenvalue weighted by Crippen LogP contribution is 2.33. The van der Waals surface area contributed by atoms with Crippen LogP contribution in [0.5, 0.6) is 11.8 Å². The van der Waals surface area contributed by atoms with E-state index in [0.717, 1.165) is 6.07 Å². The minimum atomic E-state index is -4.59. The number of ether oxygens (including phenoxy) is 2. The molecule has 2 aromatic rings. The molecule has 1 aliphatic heterocycles. The van der Waals surface area contributed by atoms with Gasteiger partial charge in [0.15, 0.2) is 0 Å². The topological polar surface area (TPSA) is 64.6 Å². The zero-order valence-corrected chi connectivity index (χ0v) is 13.9. The van der Waals surface area contributed by atoms with Gasteiger partial charge in [-0.25, -0.2) is 9.97 Å². The van der Waals surface area contributed by atoms with Gasteiger partial charge < -0.3 is 14.4 Å². The van der Waals surface area contributed by atoms with Crippen LogP contribution in [0.2, 0.25) is 0 Å². The third kappa shape index (κ3) is 3.71. The molecule has 1 aliphatic rings. The third-order valence-electron chi connectivity index (χ3n) is 4.00. The Morgan fingerprint density at radius 2 is 1.88 bits per heavy atom. The molecule has 1 amide bonds. The van der Waals surface area contributed by atoms with Crippen LogP contribution in [0.25, 0.3) is 0 Å². The molecule has 0 bridgehead atoms. The predicted octanol–water partition coefficient (Wildman–Crippen LogP) is 2.80. The molecule has 0 saturated carbocycles. The molecule has 6 nitrogen and oxygen atoms in total. The fourth-order valence-corrected chi connectivity index (χ4v) is 2.79. The third-order valence-corrected chi connectivity index (χ3v) is 4.00. The number of hydrogen-bond acceptors (Lipinski definition) is 5. The van der Waals surface area contributed by atoms with Crippen molar-refractivity contribution in [2.45, 2.75) is 18.7 Å². The lowest BCUT2D eigenvalue weighted by Gasteiger charge is -2.19. The molecule has 9 heteroatoms. The van der Waals surface area contributed by atoms with Crippen molar-refractivity contribution in [1.82, 2.24) is 14.9 Å². The van der Waals surface area contributed by atoms with E-state index in [9.17, 15) is 18.0 Å². The molecule has 1 unspecified atom stereocenters. The number of hydrogen-bond donors (Lipinski definition) is 0. The molecule has 1 aromatic carbocycles. The summed E-state index contributed by atoms with van der Waals surface area (Å²) < 4.78 is 50.1. The fraction of sp³-hybridized carbons (Fsp3) is 0.353. The highest BCUT2D eigenvalue weighted by atomic mass is 19.4. The summed E-state index contributed by atoms with van der Waals surface area (Å²) in [5, 5.41) is 0. The largest absolute Gasteiger partial charge is 0.477 e. The molecule has 2 heterocycles. The van der Waals surface area contributed by atoms with E-state index in [4.69, 9.17) is 9.47 Å². The smallest absolute Gasteiger partial charge is 0.417 e. The molecule has 0 N–H and O–H groups in total. The molecule has 0 radical (unpaired) electrons. The first-order valence-corrected chi connectivity index (χ1v) is 7.87. The highest BCUT2D eigenvalue weighted by Gasteiger charge is 2.37. The summed E-state index contributed by atoms with van der Waals surface area (Å²) in [6.45, 7) is 0.447. The average molecular weight is 367 g/mol. The molecule has 1 fully saturated rings. The molecule has 138 valence electrons. The van der Waals surface area contributed by atoms with Crippen LogP contribution in [0.15, 0.2) is 36.7 Å². The van der Waals surface area contributed by atoms with Gasteiger partial charge in [-0.1, -0.05) is 12.1 Å². The predicted molar refractivity (Wildman–Crippen MR) is 85.0 cm³/mol. The van der Waals surface area contributed by atoms with Crippen molar-refractivity contribution < 1.29 is 27.4 Å². The first kappa shape index (κ1) is 18.0. The number of benzene rings is 1. The number of amides is 1. The Morgan fingerprint density at radius 1 is 1.19 bits per heavy atom. The number of likely N-dealkylation sites (tertiary alicyclic amines) is 1. The SMILES string of the molecule is COc1nccnc1OC1CCN(C(=O)c2ccccc2C(F)(F)F)C1. The number of alkyl halides is 3. The van der Waals surface area contributed by atoms with E-state index in [2.05, 4.69) is 9.97 Å². The standard InChI is InChI=1S/C17H16F3N3O3/c1-25-14-15(22-8-7-21-14)26-11-6-9-23(10-11)16(24)12-4-2-3-5-13(12)17(18,19)20/h2-5,7-8,11H,6,9-10H2,1H3. The maximum atomic E-state index is 13.1.